The fourth-order valence-corrected chi connectivity index (χ4v) is 25.9. The molecule has 18 nitrogen and oxygen atoms in total. The molecule has 0 saturated heterocycles. The molecule has 9 unspecified atom stereocenters. The second kappa shape index (κ2) is 42.3. The first-order chi connectivity index (χ1) is 67.8. The largest absolute Gasteiger partial charge is 0.388 e. The third-order valence-corrected chi connectivity index (χ3v) is 34.6. The van der Waals surface area contributed by atoms with Crippen LogP contribution in [0.2, 0.25) is 0 Å². The van der Waals surface area contributed by atoms with Crippen LogP contribution in [0.1, 0.15) is 261 Å². The third kappa shape index (κ3) is 21.9. The molecule has 142 heavy (non-hydrogen) atoms. The van der Waals surface area contributed by atoms with Crippen LogP contribution in [0.3, 0.4) is 0 Å². The van der Waals surface area contributed by atoms with Gasteiger partial charge in [-0.2, -0.15) is 0 Å². The van der Waals surface area contributed by atoms with Gasteiger partial charge >= 0.3 is 0 Å². The Morgan fingerprint density at radius 3 is 0.965 bits per heavy atom. The van der Waals surface area contributed by atoms with E-state index in [2.05, 4.69) is 103 Å². The molecule has 8 aliphatic carbocycles. The number of rotatable bonds is 25. The highest BCUT2D eigenvalue weighted by Crippen LogP contribution is 2.61. The van der Waals surface area contributed by atoms with E-state index in [-0.39, 0.29) is 87.7 Å². The van der Waals surface area contributed by atoms with E-state index in [4.69, 9.17) is 5.11 Å². The molecule has 6 aromatic heterocycles. The van der Waals surface area contributed by atoms with Crippen LogP contribution >= 0.6 is 0 Å². The number of Topliss-reactive ketones (excluding diaryl/α,β-unsaturated/α-hetero) is 5. The molecule has 8 saturated carbocycles. The fraction of sp³-hybridized carbons (Fsp3) is 0.450. The van der Waals surface area contributed by atoms with E-state index in [0.29, 0.717) is 142 Å². The zero-order valence-electron chi connectivity index (χ0n) is 84.0. The van der Waals surface area contributed by atoms with Crippen molar-refractivity contribution in [3.8, 4) is 0 Å². The van der Waals surface area contributed by atoms with Gasteiger partial charge in [0.2, 0.25) is 0 Å². The lowest BCUT2D eigenvalue weighted by Crippen LogP contribution is -2.33. The van der Waals surface area contributed by atoms with Crippen LogP contribution in [-0.2, 0) is 44.9 Å². The average molecular weight is 1920 g/mol. The van der Waals surface area contributed by atoms with Crippen LogP contribution in [-0.4, -0.2) is 145 Å². The van der Waals surface area contributed by atoms with Crippen LogP contribution in [0.15, 0.2) is 207 Å². The van der Waals surface area contributed by atoms with Gasteiger partial charge in [-0.3, -0.25) is 68.3 Å². The molecule has 6 heterocycles. The van der Waals surface area contributed by atoms with Crippen molar-refractivity contribution in [2.45, 2.75) is 201 Å². The Balaban J connectivity index is 0.000000130. The number of hydrogen-bond acceptors (Lipinski definition) is 15. The topological polar surface area (TPSA) is 244 Å². The van der Waals surface area contributed by atoms with Crippen molar-refractivity contribution >= 4 is 90.2 Å². The molecular formula is C120H133F4N9O9. The quantitative estimate of drug-likeness (QED) is 0.0413. The lowest BCUT2D eigenvalue weighted by atomic mass is 9.71. The molecule has 12 aromatic rings. The SMILES string of the molecule is CC(C(=O)Cc1ccc(C(=O)CO)cc1)C1C[C@H]2CC(c3ccnc4ccc(F)cc34)C[C@H]2C1.CN(C)C(=O)c1ccc(CC(=O)C(C)(C)C2C[C@H]3CC(c4ccnc5ccc(F)cc45)C[C@H]3C2)cc1.CN(C)C(=O)c1ccc(CC(=O)C(C)(C)C2C[C@H]3CC(c4ccnc5ccc(F)cc45)C[C@H]3C2)cn1.CN(C)C(=O)c1ccc(CC(=O)C(C)(C)C2C[C@H]3CC(c4ccnc5ccc(F)cc45)C[C@H]3C2)nc1. The number of aliphatic hydroxyl groups is 1. The number of amides is 3. The second-order valence-electron chi connectivity index (χ2n) is 44.8. The maximum Gasteiger partial charge on any atom is 0.271 e. The number of halogens is 4. The Morgan fingerprint density at radius 2 is 0.641 bits per heavy atom. The first-order valence-electron chi connectivity index (χ1n) is 51.0. The summed E-state index contributed by atoms with van der Waals surface area (Å²) in [5, 5.41) is 12.7. The summed E-state index contributed by atoms with van der Waals surface area (Å²) in [4.78, 5) is 132. The smallest absolute Gasteiger partial charge is 0.271 e. The molecule has 20 rings (SSSR count). The number of fused-ring (bicyclic) bond motifs is 8. The van der Waals surface area contributed by atoms with E-state index in [0.717, 1.165) is 163 Å². The van der Waals surface area contributed by atoms with Crippen LogP contribution in [0.4, 0.5) is 17.6 Å². The Labute approximate surface area is 831 Å². The Morgan fingerprint density at radius 1 is 0.331 bits per heavy atom. The maximum absolute atomic E-state index is 14.0. The predicted octanol–water partition coefficient (Wildman–Crippen LogP) is 23.6. The summed E-state index contributed by atoms with van der Waals surface area (Å²) in [5.41, 5.74) is 12.5. The second-order valence-corrected chi connectivity index (χ2v) is 44.8. The third-order valence-electron chi connectivity index (χ3n) is 34.6. The summed E-state index contributed by atoms with van der Waals surface area (Å²) < 4.78 is 55.8. The summed E-state index contributed by atoms with van der Waals surface area (Å²) in [7, 11) is 10.3. The van der Waals surface area contributed by atoms with E-state index < -0.39 is 17.4 Å². The zero-order valence-corrected chi connectivity index (χ0v) is 84.0. The number of ketones is 5. The van der Waals surface area contributed by atoms with Gasteiger partial charge in [0, 0.05) is 166 Å². The Hall–Kier alpha value is -12.3. The van der Waals surface area contributed by atoms with E-state index >= 15 is 0 Å². The number of aromatic nitrogens is 6. The molecule has 3 amide bonds. The Kier molecular flexibility index (Phi) is 30.2. The summed E-state index contributed by atoms with van der Waals surface area (Å²) in [6.45, 7) is 14.1. The van der Waals surface area contributed by atoms with Crippen molar-refractivity contribution in [2.24, 2.45) is 93.2 Å². The highest BCUT2D eigenvalue weighted by atomic mass is 19.1. The highest BCUT2D eigenvalue weighted by Gasteiger charge is 2.53. The van der Waals surface area contributed by atoms with Crippen molar-refractivity contribution in [3.63, 3.8) is 0 Å². The van der Waals surface area contributed by atoms with Crippen molar-refractivity contribution < 1.29 is 61.0 Å². The molecule has 8 aliphatic rings. The minimum atomic E-state index is -0.506. The number of aliphatic hydroxyl groups excluding tert-OH is 1. The molecule has 1 N–H and O–H groups in total. The van der Waals surface area contributed by atoms with Gasteiger partial charge < -0.3 is 19.8 Å². The van der Waals surface area contributed by atoms with Crippen LogP contribution in [0.25, 0.3) is 43.6 Å². The number of benzene rings is 6. The molecule has 0 aliphatic heterocycles. The molecule has 0 spiro atoms. The number of carbonyl (C=O) groups excluding carboxylic acids is 8. The molecule has 6 aromatic carbocycles. The van der Waals surface area contributed by atoms with Gasteiger partial charge in [-0.15, -0.1) is 0 Å². The van der Waals surface area contributed by atoms with Crippen molar-refractivity contribution in [1.82, 2.24) is 44.6 Å². The van der Waals surface area contributed by atoms with Crippen LogP contribution < -0.4 is 0 Å². The summed E-state index contributed by atoms with van der Waals surface area (Å²) in [6.07, 6.45) is 29.2. The number of carbonyl (C=O) groups is 8. The average Bonchev–Trinajstić information content (AvgIpc) is 1.62. The minimum Gasteiger partial charge on any atom is -0.388 e. The van der Waals surface area contributed by atoms with Crippen LogP contribution in [0.5, 0.6) is 0 Å². The van der Waals surface area contributed by atoms with Crippen molar-refractivity contribution in [1.29, 1.82) is 0 Å². The monoisotopic (exact) mass is 1920 g/mol. The molecule has 22 heteroatoms. The molecular weight excluding hydrogens is 1790 g/mol. The fourth-order valence-electron chi connectivity index (χ4n) is 25.9. The van der Waals surface area contributed by atoms with Crippen LogP contribution in [0, 0.1) is 116 Å². The van der Waals surface area contributed by atoms with E-state index in [1.807, 2.05) is 67.3 Å². The van der Waals surface area contributed by atoms with Gasteiger partial charge in [-0.25, -0.2) is 17.6 Å². The van der Waals surface area contributed by atoms with Gasteiger partial charge in [0.1, 0.15) is 58.7 Å². The lowest BCUT2D eigenvalue weighted by Gasteiger charge is -2.31. The van der Waals surface area contributed by atoms with Gasteiger partial charge in [0.05, 0.1) is 27.6 Å². The molecule has 8 fully saturated rings. The van der Waals surface area contributed by atoms with E-state index in [9.17, 15) is 55.9 Å². The molecule has 17 atom stereocenters. The zero-order chi connectivity index (χ0) is 101. The first-order valence-corrected chi connectivity index (χ1v) is 51.0. The van der Waals surface area contributed by atoms with Gasteiger partial charge in [-0.1, -0.05) is 90.9 Å². The van der Waals surface area contributed by atoms with E-state index in [1.165, 1.54) is 56.3 Å². The summed E-state index contributed by atoms with van der Waals surface area (Å²) in [5.74, 6) is 7.53. The standard InChI is InChI=1S/C31H35FN2O2.2C30H34FN3O2.C29H30FNO3/c1-31(2,29(35)13-19-5-7-20(8-6-19)30(36)34(3)4)24-16-21-14-23(15-22(21)17-24)26-11-12-33-28-10-9-25(32)18-27(26)28;1-30(2,28(35)16-24-7-5-18(17-33-24)29(36)34(3)4)22-13-19-11-21(12-20(19)14-22)25-9-10-32-27-8-6-23(31)15-26(25)27;1-30(2,28(35)11-18-5-7-27(33-17-18)29(36)34(3)4)22-14-19-12-21(13-20(19)15-22)24-9-10-32-26-8-6-23(31)16-25(24)26;1-17(28(33)10-18-2-4-19(5-3-18)29(34)16-32)20-11-21-13-23(14-22(21)12-20)25-8-9-31-27-7-6-24(30)15-26(25)27/h5-12,18,21-24H,13-17H2,1-4H3;5-10,15,17,19-22H,11-14,16H2,1-4H3;5-10,16-17,19-22H,11-15H2,1-4H3;2-9,15,17,20-23,32H,10-14,16H2,1H3/t21-,22+,23?,24?;2*19-,20+,21?,22?;17?,20?,21-,22+,23?. The minimum absolute atomic E-state index is 0.0126. The number of nitrogens with zero attached hydrogens (tertiary/aromatic N) is 9. The lowest BCUT2D eigenvalue weighted by molar-refractivity contribution is -0.130. The predicted molar refractivity (Wildman–Crippen MR) is 546 cm³/mol. The van der Waals surface area contributed by atoms with E-state index in [1.54, 1.807) is 138 Å². The highest BCUT2D eigenvalue weighted by molar-refractivity contribution is 5.98. The number of hydrogen-bond donors (Lipinski definition) is 1. The molecule has 740 valence electrons. The van der Waals surface area contributed by atoms with Crippen molar-refractivity contribution in [2.75, 3.05) is 48.9 Å². The first kappa shape index (κ1) is 101. The molecule has 0 radical (unpaired) electrons. The molecule has 0 bridgehead atoms. The number of pyridine rings is 6. The summed E-state index contributed by atoms with van der Waals surface area (Å²) in [6, 6.07) is 49.1. The normalized spacial score (nSPS) is 23.9. The Bertz CT molecular complexity index is 6190. The van der Waals surface area contributed by atoms with Gasteiger partial charge in [0.25, 0.3) is 17.7 Å². The van der Waals surface area contributed by atoms with Gasteiger partial charge in [-0.05, 0) is 364 Å². The van der Waals surface area contributed by atoms with Crippen molar-refractivity contribution in [3.05, 3.63) is 297 Å². The summed E-state index contributed by atoms with van der Waals surface area (Å²) >= 11 is 0. The maximum atomic E-state index is 14.0. The van der Waals surface area contributed by atoms with Gasteiger partial charge in [0.15, 0.2) is 5.78 Å².